The number of rotatable bonds is 70. The van der Waals surface area contributed by atoms with Crippen LogP contribution in [0.5, 0.6) is 0 Å². The van der Waals surface area contributed by atoms with E-state index in [0.717, 1.165) is 108 Å². The maximum absolute atomic E-state index is 13.0. The molecule has 91 heavy (non-hydrogen) atoms. The Kier molecular flexibility index (Phi) is 61.5. The number of aliphatic hydroxyl groups excluding tert-OH is 1. The van der Waals surface area contributed by atoms with E-state index in [2.05, 4.69) is 48.5 Å². The quantitative estimate of drug-likeness (QED) is 0.0222. The van der Waals surface area contributed by atoms with Crippen LogP contribution in [-0.4, -0.2) is 96.7 Å². The molecule has 0 spiro atoms. The summed E-state index contributed by atoms with van der Waals surface area (Å²) < 4.78 is 68.4. The summed E-state index contributed by atoms with van der Waals surface area (Å²) >= 11 is 0. The molecule has 0 saturated carbocycles. The standard InChI is InChI=1S/C72H140O17P2/c1-8-9-10-11-12-13-14-17-25-32-39-46-53-69(74)82-60-68(89-72(77)56-49-42-35-28-21-24-31-38-45-52-65(6)7)62-87-91(80,81)85-58-66(73)57-84-90(78,79)86-61-67(59-83-70(75)54-47-40-33-26-20-19-23-30-37-44-51-64(4)5)88-71(76)55-48-41-34-27-18-15-16-22-29-36-43-50-63(2)3/h63-68,73H,8-62H2,1-7H3,(H,78,79)(H,80,81)/t66-,67-,68-/m1/s1. The minimum atomic E-state index is -4.95. The third-order valence-electron chi connectivity index (χ3n) is 16.6. The lowest BCUT2D eigenvalue weighted by Gasteiger charge is -2.21. The highest BCUT2D eigenvalue weighted by Crippen LogP contribution is 2.45. The molecule has 0 aliphatic heterocycles. The molecule has 0 amide bonds. The van der Waals surface area contributed by atoms with Crippen molar-refractivity contribution < 1.29 is 80.2 Å². The van der Waals surface area contributed by atoms with Gasteiger partial charge < -0.3 is 33.8 Å². The van der Waals surface area contributed by atoms with E-state index in [9.17, 15) is 43.2 Å². The Morgan fingerprint density at radius 1 is 0.297 bits per heavy atom. The van der Waals surface area contributed by atoms with Crippen molar-refractivity contribution in [1.82, 2.24) is 0 Å². The van der Waals surface area contributed by atoms with Crippen LogP contribution in [0, 0.1) is 17.8 Å². The molecule has 19 heteroatoms. The molecule has 3 N–H and O–H groups in total. The molecule has 5 atom stereocenters. The van der Waals surface area contributed by atoms with Crippen LogP contribution in [0.15, 0.2) is 0 Å². The van der Waals surface area contributed by atoms with Gasteiger partial charge >= 0.3 is 39.5 Å². The number of carbonyl (C=O) groups excluding carboxylic acids is 4. The summed E-state index contributed by atoms with van der Waals surface area (Å²) in [5.41, 5.74) is 0. The largest absolute Gasteiger partial charge is 0.472 e. The normalized spacial score (nSPS) is 14.2. The third kappa shape index (κ3) is 66.5. The molecular weight excluding hydrogens is 1200 g/mol. The molecule has 0 aromatic heterocycles. The Balaban J connectivity index is 5.27. The highest BCUT2D eigenvalue weighted by atomic mass is 31.2. The number of hydrogen-bond acceptors (Lipinski definition) is 15. The second-order valence-corrected chi connectivity index (χ2v) is 30.3. The summed E-state index contributed by atoms with van der Waals surface area (Å²) in [7, 11) is -9.91. The maximum atomic E-state index is 13.0. The molecule has 17 nitrogen and oxygen atoms in total. The number of unbranched alkanes of at least 4 members (excludes halogenated alkanes) is 38. The number of hydrogen-bond donors (Lipinski definition) is 3. The zero-order valence-electron chi connectivity index (χ0n) is 59.3. The van der Waals surface area contributed by atoms with Crippen molar-refractivity contribution in [2.45, 2.75) is 381 Å². The van der Waals surface area contributed by atoms with Crippen molar-refractivity contribution in [3.8, 4) is 0 Å². The topological polar surface area (TPSA) is 237 Å². The van der Waals surface area contributed by atoms with E-state index < -0.39 is 97.5 Å². The predicted octanol–water partition coefficient (Wildman–Crippen LogP) is 20.6. The van der Waals surface area contributed by atoms with E-state index in [4.69, 9.17) is 37.0 Å². The van der Waals surface area contributed by atoms with Crippen LogP contribution in [0.3, 0.4) is 0 Å². The van der Waals surface area contributed by atoms with Crippen LogP contribution >= 0.6 is 15.6 Å². The highest BCUT2D eigenvalue weighted by molar-refractivity contribution is 7.47. The molecule has 0 rings (SSSR count). The van der Waals surface area contributed by atoms with E-state index >= 15 is 0 Å². The fourth-order valence-corrected chi connectivity index (χ4v) is 12.5. The van der Waals surface area contributed by atoms with E-state index in [-0.39, 0.29) is 25.7 Å². The van der Waals surface area contributed by atoms with Gasteiger partial charge in [-0.3, -0.25) is 37.3 Å². The smallest absolute Gasteiger partial charge is 0.462 e. The second-order valence-electron chi connectivity index (χ2n) is 27.4. The zero-order valence-corrected chi connectivity index (χ0v) is 61.1. The third-order valence-corrected chi connectivity index (χ3v) is 18.5. The maximum Gasteiger partial charge on any atom is 0.472 e. The van der Waals surface area contributed by atoms with E-state index in [1.165, 1.54) is 173 Å². The molecule has 0 fully saturated rings. The van der Waals surface area contributed by atoms with Crippen LogP contribution in [0.4, 0.5) is 0 Å². The summed E-state index contributed by atoms with van der Waals surface area (Å²) in [6, 6.07) is 0. The van der Waals surface area contributed by atoms with Crippen molar-refractivity contribution in [1.29, 1.82) is 0 Å². The monoisotopic (exact) mass is 1340 g/mol. The highest BCUT2D eigenvalue weighted by Gasteiger charge is 2.30. The van der Waals surface area contributed by atoms with Crippen LogP contribution in [-0.2, 0) is 65.4 Å². The molecule has 540 valence electrons. The zero-order chi connectivity index (χ0) is 67.3. The number of carbonyl (C=O) groups is 4. The van der Waals surface area contributed by atoms with Crippen LogP contribution < -0.4 is 0 Å². The van der Waals surface area contributed by atoms with Crippen molar-refractivity contribution in [2.75, 3.05) is 39.6 Å². The molecule has 0 bridgehead atoms. The SMILES string of the molecule is CCCCCCCCCCCCCCC(=O)OC[C@H](COP(=O)(O)OC[C@H](O)COP(=O)(O)OC[C@@H](COC(=O)CCCCCCCCCCCCC(C)C)OC(=O)CCCCCCCCCCCCCC(C)C)OC(=O)CCCCCCCCCCCC(C)C. The molecule has 0 radical (unpaired) electrons. The summed E-state index contributed by atoms with van der Waals surface area (Å²) in [6.45, 7) is 11.8. The molecular formula is C72H140O17P2. The summed E-state index contributed by atoms with van der Waals surface area (Å²) in [6.07, 6.45) is 47.1. The lowest BCUT2D eigenvalue weighted by molar-refractivity contribution is -0.161. The first kappa shape index (κ1) is 89.1. The van der Waals surface area contributed by atoms with Crippen molar-refractivity contribution in [3.05, 3.63) is 0 Å². The lowest BCUT2D eigenvalue weighted by Crippen LogP contribution is -2.30. The van der Waals surface area contributed by atoms with Gasteiger partial charge in [-0.1, -0.05) is 312 Å². The number of ether oxygens (including phenoxy) is 4. The first-order valence-corrected chi connectivity index (χ1v) is 40.3. The molecule has 0 aromatic carbocycles. The molecule has 0 aliphatic rings. The first-order valence-electron chi connectivity index (χ1n) is 37.3. The van der Waals surface area contributed by atoms with E-state index in [0.29, 0.717) is 25.7 Å². The molecule has 2 unspecified atom stereocenters. The minimum absolute atomic E-state index is 0.105. The van der Waals surface area contributed by atoms with Crippen molar-refractivity contribution in [3.63, 3.8) is 0 Å². The molecule has 0 aliphatic carbocycles. The minimum Gasteiger partial charge on any atom is -0.462 e. The van der Waals surface area contributed by atoms with Crippen molar-refractivity contribution >= 4 is 39.5 Å². The van der Waals surface area contributed by atoms with Crippen LogP contribution in [0.2, 0.25) is 0 Å². The van der Waals surface area contributed by atoms with Gasteiger partial charge in [-0.05, 0) is 43.4 Å². The number of aliphatic hydroxyl groups is 1. The first-order chi connectivity index (χ1) is 43.7. The number of esters is 4. The number of phosphoric acid groups is 2. The van der Waals surface area contributed by atoms with Gasteiger partial charge in [0.1, 0.15) is 19.3 Å². The van der Waals surface area contributed by atoms with Gasteiger partial charge in [0.25, 0.3) is 0 Å². The average Bonchev–Trinajstić information content (AvgIpc) is 3.72. The summed E-state index contributed by atoms with van der Waals surface area (Å²) in [5, 5.41) is 10.6. The van der Waals surface area contributed by atoms with Gasteiger partial charge in [0.2, 0.25) is 0 Å². The van der Waals surface area contributed by atoms with E-state index in [1.807, 2.05) is 0 Å². The Hall–Kier alpha value is -1.94. The Morgan fingerprint density at radius 3 is 0.747 bits per heavy atom. The molecule has 0 saturated heterocycles. The lowest BCUT2D eigenvalue weighted by atomic mass is 10.0. The van der Waals surface area contributed by atoms with Gasteiger partial charge in [0, 0.05) is 25.7 Å². The van der Waals surface area contributed by atoms with Crippen LogP contribution in [0.1, 0.15) is 363 Å². The van der Waals surface area contributed by atoms with Gasteiger partial charge in [-0.15, -0.1) is 0 Å². The summed E-state index contributed by atoms with van der Waals surface area (Å²) in [5.74, 6) is 0.138. The van der Waals surface area contributed by atoms with Gasteiger partial charge in [-0.2, -0.15) is 0 Å². The van der Waals surface area contributed by atoms with E-state index in [1.54, 1.807) is 0 Å². The van der Waals surface area contributed by atoms with Crippen LogP contribution in [0.25, 0.3) is 0 Å². The van der Waals surface area contributed by atoms with Gasteiger partial charge in [0.15, 0.2) is 12.2 Å². The average molecular weight is 1340 g/mol. The predicted molar refractivity (Wildman–Crippen MR) is 368 cm³/mol. The fourth-order valence-electron chi connectivity index (χ4n) is 10.9. The van der Waals surface area contributed by atoms with Crippen molar-refractivity contribution in [2.24, 2.45) is 17.8 Å². The van der Waals surface area contributed by atoms with Gasteiger partial charge in [-0.25, -0.2) is 9.13 Å². The fraction of sp³-hybridized carbons (Fsp3) is 0.944. The molecule has 0 heterocycles. The second kappa shape index (κ2) is 62.8. The Morgan fingerprint density at radius 2 is 0.505 bits per heavy atom. The molecule has 0 aromatic rings. The summed E-state index contributed by atoms with van der Waals surface area (Å²) in [4.78, 5) is 72.7. The Labute approximate surface area is 556 Å². The Bertz CT molecular complexity index is 1780. The van der Waals surface area contributed by atoms with Gasteiger partial charge in [0.05, 0.1) is 26.4 Å². The number of phosphoric ester groups is 2.